The Morgan fingerprint density at radius 2 is 1.66 bits per heavy atom. The molecule has 204 valence electrons. The second kappa shape index (κ2) is 10.3. The second-order valence-corrected chi connectivity index (χ2v) is 10.1. The predicted molar refractivity (Wildman–Crippen MR) is 125 cm³/mol. The Hall–Kier alpha value is -3.62. The summed E-state index contributed by atoms with van der Waals surface area (Å²) >= 11 is 0. The molecular weight excluding hydrogens is 542 g/mol. The van der Waals surface area contributed by atoms with E-state index in [-0.39, 0.29) is 12.5 Å². The van der Waals surface area contributed by atoms with Crippen LogP contribution in [0.5, 0.6) is 5.75 Å². The second-order valence-electron chi connectivity index (χ2n) is 8.59. The third-order valence-electron chi connectivity index (χ3n) is 5.95. The summed E-state index contributed by atoms with van der Waals surface area (Å²) in [4.78, 5) is 21.7. The van der Waals surface area contributed by atoms with Crippen LogP contribution < -0.4 is 14.4 Å². The maximum Gasteiger partial charge on any atom is 0.534 e. The van der Waals surface area contributed by atoms with Crippen LogP contribution in [-0.4, -0.2) is 55.6 Å². The quantitative estimate of drug-likeness (QED) is 0.270. The van der Waals surface area contributed by atoms with E-state index in [4.69, 9.17) is 0 Å². The third-order valence-corrected chi connectivity index (χ3v) is 6.92. The topological polar surface area (TPSA) is 101 Å². The molecule has 2 heterocycles. The Balaban J connectivity index is 1.43. The summed E-state index contributed by atoms with van der Waals surface area (Å²) in [7, 11) is -5.79. The highest BCUT2D eigenvalue weighted by Crippen LogP contribution is 2.31. The minimum atomic E-state index is -5.79. The van der Waals surface area contributed by atoms with Crippen molar-refractivity contribution in [2.45, 2.75) is 24.5 Å². The molecule has 2 aromatic carbocycles. The highest BCUT2D eigenvalue weighted by atomic mass is 32.2. The van der Waals surface area contributed by atoms with Crippen molar-refractivity contribution in [1.29, 1.82) is 0 Å². The summed E-state index contributed by atoms with van der Waals surface area (Å²) in [6.45, 7) is 0.897. The molecule has 0 spiro atoms. The number of piperidine rings is 1. The molecule has 0 bridgehead atoms. The van der Waals surface area contributed by atoms with Crippen molar-refractivity contribution >= 4 is 32.7 Å². The zero-order valence-electron chi connectivity index (χ0n) is 19.4. The van der Waals surface area contributed by atoms with E-state index in [1.165, 1.54) is 12.1 Å². The lowest BCUT2D eigenvalue weighted by Gasteiger charge is -2.32. The minimum absolute atomic E-state index is 0.0704. The fourth-order valence-electron chi connectivity index (χ4n) is 3.94. The first-order chi connectivity index (χ1) is 17.7. The molecule has 0 aliphatic carbocycles. The average Bonchev–Trinajstić information content (AvgIpc) is 2.86. The van der Waals surface area contributed by atoms with Crippen LogP contribution in [0.1, 0.15) is 12.8 Å². The highest BCUT2D eigenvalue weighted by molar-refractivity contribution is 7.88. The van der Waals surface area contributed by atoms with Crippen LogP contribution in [-0.2, 0) is 14.9 Å². The maximum absolute atomic E-state index is 12.6. The first-order valence-electron chi connectivity index (χ1n) is 11.2. The number of halogens is 6. The molecular formula is C23H20F6N4O4S. The van der Waals surface area contributed by atoms with Crippen LogP contribution in [0, 0.1) is 5.92 Å². The molecule has 1 aliphatic heterocycles. The largest absolute Gasteiger partial charge is 0.534 e. The molecule has 1 amide bonds. The van der Waals surface area contributed by atoms with Crippen LogP contribution >= 0.6 is 0 Å². The van der Waals surface area contributed by atoms with Crippen LogP contribution in [0.4, 0.5) is 32.3 Å². The summed E-state index contributed by atoms with van der Waals surface area (Å²) in [5.41, 5.74) is -4.33. The number of alkyl halides is 6. The maximum atomic E-state index is 12.6. The molecule has 1 aliphatic rings. The number of fused-ring (bicyclic) bond motifs is 1. The van der Waals surface area contributed by atoms with Crippen molar-refractivity contribution in [3.05, 3.63) is 48.7 Å². The summed E-state index contributed by atoms with van der Waals surface area (Å²) in [5, 5.41) is 2.95. The number of hydrogen-bond acceptors (Lipinski definition) is 7. The number of benzene rings is 2. The van der Waals surface area contributed by atoms with Gasteiger partial charge in [0.2, 0.25) is 5.95 Å². The van der Waals surface area contributed by atoms with Gasteiger partial charge in [-0.15, -0.1) is 0 Å². The van der Waals surface area contributed by atoms with Crippen molar-refractivity contribution < 1.29 is 43.7 Å². The van der Waals surface area contributed by atoms with Crippen LogP contribution in [0.3, 0.4) is 0 Å². The molecule has 1 N–H and O–H groups in total. The van der Waals surface area contributed by atoms with Gasteiger partial charge >= 0.3 is 27.7 Å². The van der Waals surface area contributed by atoms with Gasteiger partial charge in [0, 0.05) is 31.4 Å². The molecule has 3 aromatic rings. The predicted octanol–water partition coefficient (Wildman–Crippen LogP) is 4.42. The average molecular weight is 562 g/mol. The number of rotatable bonds is 6. The number of carbonyl (C=O) groups excluding carboxylic acids is 1. The minimum Gasteiger partial charge on any atom is -0.376 e. The van der Waals surface area contributed by atoms with Gasteiger partial charge in [-0.3, -0.25) is 4.79 Å². The zero-order valence-corrected chi connectivity index (χ0v) is 20.2. The fourth-order valence-corrected chi connectivity index (χ4v) is 4.40. The standard InChI is InChI=1S/C23H20F6N4O4S/c24-22(25,26)20(34)31-13-14-6-9-33(10-7-14)21-30-8-5-19(32-21)17-2-1-16-12-18(4-3-15(16)11-17)37-38(35,36)23(27,28)29/h1-5,8,11-12,14H,6-7,9-10,13H2,(H,31,34). The molecule has 1 fully saturated rings. The first-order valence-corrected chi connectivity index (χ1v) is 12.6. The van der Waals surface area contributed by atoms with Gasteiger partial charge in [-0.1, -0.05) is 18.2 Å². The number of anilines is 1. The molecule has 0 radical (unpaired) electrons. The first kappa shape index (κ1) is 27.4. The van der Waals surface area contributed by atoms with E-state index >= 15 is 0 Å². The zero-order chi connectivity index (χ0) is 27.7. The Morgan fingerprint density at radius 3 is 2.32 bits per heavy atom. The number of nitrogens with one attached hydrogen (secondary N) is 1. The summed E-state index contributed by atoms with van der Waals surface area (Å²) < 4.78 is 102. The molecule has 38 heavy (non-hydrogen) atoms. The van der Waals surface area contributed by atoms with Gasteiger partial charge in [0.1, 0.15) is 5.75 Å². The Labute approximate surface area is 212 Å². The Bertz CT molecular complexity index is 1440. The van der Waals surface area contributed by atoms with Crippen molar-refractivity contribution in [3.63, 3.8) is 0 Å². The fraction of sp³-hybridized carbons (Fsp3) is 0.348. The van der Waals surface area contributed by atoms with Gasteiger partial charge in [-0.2, -0.15) is 34.8 Å². The van der Waals surface area contributed by atoms with Gasteiger partial charge in [-0.05, 0) is 53.8 Å². The van der Waals surface area contributed by atoms with Crippen molar-refractivity contribution in [2.75, 3.05) is 24.5 Å². The van der Waals surface area contributed by atoms with Crippen molar-refractivity contribution in [3.8, 4) is 17.0 Å². The van der Waals surface area contributed by atoms with E-state index in [0.717, 1.165) is 6.07 Å². The number of aromatic nitrogens is 2. The lowest BCUT2D eigenvalue weighted by Crippen LogP contribution is -2.43. The van der Waals surface area contributed by atoms with Crippen molar-refractivity contribution in [2.24, 2.45) is 5.92 Å². The van der Waals surface area contributed by atoms with Gasteiger partial charge in [0.25, 0.3) is 0 Å². The Morgan fingerprint density at radius 1 is 1.00 bits per heavy atom. The summed E-state index contributed by atoms with van der Waals surface area (Å²) in [6, 6.07) is 10.3. The lowest BCUT2D eigenvalue weighted by molar-refractivity contribution is -0.173. The molecule has 0 atom stereocenters. The van der Waals surface area contributed by atoms with Gasteiger partial charge in [0.15, 0.2) is 0 Å². The van der Waals surface area contributed by atoms with E-state index in [1.807, 2.05) is 10.2 Å². The number of carbonyl (C=O) groups is 1. The molecule has 1 aromatic heterocycles. The number of hydrogen-bond donors (Lipinski definition) is 1. The van der Waals surface area contributed by atoms with E-state index < -0.39 is 33.5 Å². The normalized spacial score (nSPS) is 15.5. The number of amides is 1. The van der Waals surface area contributed by atoms with Crippen LogP contribution in [0.2, 0.25) is 0 Å². The molecule has 0 unspecified atom stereocenters. The summed E-state index contributed by atoms with van der Waals surface area (Å²) in [5.74, 6) is -2.13. The lowest BCUT2D eigenvalue weighted by atomic mass is 9.97. The summed E-state index contributed by atoms with van der Waals surface area (Å²) in [6.07, 6.45) is -2.29. The van der Waals surface area contributed by atoms with Gasteiger partial charge < -0.3 is 14.4 Å². The van der Waals surface area contributed by atoms with E-state index in [9.17, 15) is 39.6 Å². The highest BCUT2D eigenvalue weighted by Gasteiger charge is 2.48. The smallest absolute Gasteiger partial charge is 0.376 e. The molecule has 4 rings (SSSR count). The van der Waals surface area contributed by atoms with E-state index in [1.54, 1.807) is 30.5 Å². The molecule has 8 nitrogen and oxygen atoms in total. The number of nitrogens with zero attached hydrogens (tertiary/aromatic N) is 3. The monoisotopic (exact) mass is 562 g/mol. The van der Waals surface area contributed by atoms with Crippen LogP contribution in [0.25, 0.3) is 22.0 Å². The molecule has 0 saturated carbocycles. The Kier molecular flexibility index (Phi) is 7.41. The van der Waals surface area contributed by atoms with Gasteiger partial charge in [-0.25, -0.2) is 9.97 Å². The van der Waals surface area contributed by atoms with E-state index in [0.29, 0.717) is 53.9 Å². The van der Waals surface area contributed by atoms with Crippen molar-refractivity contribution in [1.82, 2.24) is 15.3 Å². The van der Waals surface area contributed by atoms with E-state index in [2.05, 4.69) is 14.2 Å². The van der Waals surface area contributed by atoms with Gasteiger partial charge in [0.05, 0.1) is 5.69 Å². The third kappa shape index (κ3) is 6.26. The van der Waals surface area contributed by atoms with Crippen LogP contribution in [0.15, 0.2) is 48.7 Å². The molecule has 15 heteroatoms. The SMILES string of the molecule is O=C(NCC1CCN(c2nccc(-c3ccc4cc(OS(=O)(=O)C(F)(F)F)ccc4c3)n2)CC1)C(F)(F)F. The molecule has 1 saturated heterocycles.